The van der Waals surface area contributed by atoms with Crippen molar-refractivity contribution in [1.29, 1.82) is 0 Å². The molecule has 0 radical (unpaired) electrons. The van der Waals surface area contributed by atoms with E-state index in [1.54, 1.807) is 11.3 Å². The molecule has 2 N–H and O–H groups in total. The summed E-state index contributed by atoms with van der Waals surface area (Å²) < 4.78 is 0. The van der Waals surface area contributed by atoms with Gasteiger partial charge >= 0.3 is 0 Å². The van der Waals surface area contributed by atoms with Gasteiger partial charge in [0.25, 0.3) is 0 Å². The molecule has 1 aliphatic rings. The average molecular weight is 323 g/mol. The van der Waals surface area contributed by atoms with Crippen LogP contribution in [-0.4, -0.2) is 5.11 Å². The second kappa shape index (κ2) is 6.12. The van der Waals surface area contributed by atoms with Crippen LogP contribution < -0.4 is 10.6 Å². The van der Waals surface area contributed by atoms with Gasteiger partial charge in [-0.2, -0.15) is 0 Å². The van der Waals surface area contributed by atoms with Crippen LogP contribution in [0, 0.1) is 0 Å². The normalized spacial score (nSPS) is 16.8. The summed E-state index contributed by atoms with van der Waals surface area (Å²) in [4.78, 5) is 1.28. The Morgan fingerprint density at radius 3 is 3.05 bits per heavy atom. The summed E-state index contributed by atoms with van der Waals surface area (Å²) in [5.41, 5.74) is 2.53. The highest BCUT2D eigenvalue weighted by Gasteiger charge is 2.24. The van der Waals surface area contributed by atoms with Crippen molar-refractivity contribution in [2.75, 3.05) is 0 Å². The molecule has 1 atom stereocenters. The van der Waals surface area contributed by atoms with E-state index in [9.17, 15) is 0 Å². The third kappa shape index (κ3) is 2.97. The summed E-state index contributed by atoms with van der Waals surface area (Å²) in [6, 6.07) is 10.5. The van der Waals surface area contributed by atoms with Crippen LogP contribution in [0.2, 0.25) is 5.02 Å². The Labute approximate surface area is 133 Å². The van der Waals surface area contributed by atoms with Crippen LogP contribution in [0.15, 0.2) is 35.7 Å². The lowest BCUT2D eigenvalue weighted by Crippen LogP contribution is -2.36. The van der Waals surface area contributed by atoms with Crippen LogP contribution >= 0.6 is 35.2 Å². The minimum atomic E-state index is 0.270. The first-order valence-corrected chi connectivity index (χ1v) is 8.24. The number of benzene rings is 1. The summed E-state index contributed by atoms with van der Waals surface area (Å²) >= 11 is 13.3. The van der Waals surface area contributed by atoms with Crippen LogP contribution in [0.3, 0.4) is 0 Å². The van der Waals surface area contributed by atoms with Crippen LogP contribution in [0.1, 0.15) is 28.5 Å². The summed E-state index contributed by atoms with van der Waals surface area (Å²) in [6.07, 6.45) is 2.06. The predicted molar refractivity (Wildman–Crippen MR) is 89.4 cm³/mol. The largest absolute Gasteiger partial charge is 0.358 e. The first-order chi connectivity index (χ1) is 9.74. The number of rotatable bonds is 3. The molecule has 0 saturated carbocycles. The van der Waals surface area contributed by atoms with Gasteiger partial charge in [-0.1, -0.05) is 29.8 Å². The van der Waals surface area contributed by atoms with E-state index in [0.29, 0.717) is 5.11 Å². The number of thiocarbonyl (C=S) groups is 1. The van der Waals surface area contributed by atoms with E-state index in [-0.39, 0.29) is 6.04 Å². The molecule has 0 bridgehead atoms. The molecule has 2 aromatic rings. The highest BCUT2D eigenvalue weighted by atomic mass is 35.5. The Morgan fingerprint density at radius 2 is 2.25 bits per heavy atom. The maximum atomic E-state index is 6.23. The lowest BCUT2D eigenvalue weighted by molar-refractivity contribution is 0.630. The Bertz CT molecular complexity index is 610. The molecular formula is C15H15ClN2S2. The first-order valence-electron chi connectivity index (χ1n) is 6.58. The molecule has 0 unspecified atom stereocenters. The van der Waals surface area contributed by atoms with Gasteiger partial charge in [-0.05, 0) is 53.7 Å². The third-order valence-corrected chi connectivity index (χ3v) is 5.01. The standard InChI is InChI=1S/C15H15ClN2S2/c16-13-5-1-4-12-11(13)6-7-14(12)18-15(19)17-9-10-3-2-8-20-10/h1-5,8,14H,6-7,9H2,(H2,17,18,19)/t14-/m1/s1. The van der Waals surface area contributed by atoms with Crippen molar-refractivity contribution in [1.82, 2.24) is 10.6 Å². The minimum absolute atomic E-state index is 0.270. The Balaban J connectivity index is 1.60. The highest BCUT2D eigenvalue weighted by molar-refractivity contribution is 7.80. The van der Waals surface area contributed by atoms with E-state index >= 15 is 0 Å². The van der Waals surface area contributed by atoms with Crippen molar-refractivity contribution >= 4 is 40.3 Å². The van der Waals surface area contributed by atoms with Crippen LogP contribution in [0.25, 0.3) is 0 Å². The van der Waals surface area contributed by atoms with Gasteiger partial charge in [0, 0.05) is 9.90 Å². The smallest absolute Gasteiger partial charge is 0.167 e. The van der Waals surface area contributed by atoms with Gasteiger partial charge in [0.15, 0.2) is 5.11 Å². The fourth-order valence-electron chi connectivity index (χ4n) is 2.55. The quantitative estimate of drug-likeness (QED) is 0.834. The summed E-state index contributed by atoms with van der Waals surface area (Å²) in [6.45, 7) is 0.776. The molecule has 20 heavy (non-hydrogen) atoms. The molecule has 2 nitrogen and oxygen atoms in total. The zero-order chi connectivity index (χ0) is 13.9. The number of hydrogen-bond acceptors (Lipinski definition) is 2. The molecule has 0 aliphatic heterocycles. The molecule has 1 aliphatic carbocycles. The monoisotopic (exact) mass is 322 g/mol. The Hall–Kier alpha value is -1.10. The predicted octanol–water partition coefficient (Wildman–Crippen LogP) is 4.05. The number of fused-ring (bicyclic) bond motifs is 1. The third-order valence-electron chi connectivity index (χ3n) is 3.52. The topological polar surface area (TPSA) is 24.1 Å². The van der Waals surface area contributed by atoms with Crippen molar-refractivity contribution in [3.63, 3.8) is 0 Å². The van der Waals surface area contributed by atoms with E-state index in [1.807, 2.05) is 18.2 Å². The summed E-state index contributed by atoms with van der Waals surface area (Å²) in [7, 11) is 0. The van der Waals surface area contributed by atoms with Crippen LogP contribution in [0.4, 0.5) is 0 Å². The van der Waals surface area contributed by atoms with Gasteiger partial charge in [-0.25, -0.2) is 0 Å². The van der Waals surface area contributed by atoms with Gasteiger partial charge in [0.05, 0.1) is 12.6 Å². The second-order valence-corrected chi connectivity index (χ2v) is 6.65. The lowest BCUT2D eigenvalue weighted by atomic mass is 10.1. The number of thiophene rings is 1. The molecule has 1 aromatic heterocycles. The van der Waals surface area contributed by atoms with E-state index in [4.69, 9.17) is 23.8 Å². The SMILES string of the molecule is S=C(NCc1cccs1)N[C@@H]1CCc2c(Cl)cccc21. The fraction of sp³-hybridized carbons (Fsp3) is 0.267. The molecule has 0 amide bonds. The van der Waals surface area contributed by atoms with E-state index in [0.717, 1.165) is 24.4 Å². The van der Waals surface area contributed by atoms with Gasteiger partial charge < -0.3 is 10.6 Å². The molecule has 0 fully saturated rings. The van der Waals surface area contributed by atoms with Crippen molar-refractivity contribution in [2.45, 2.75) is 25.4 Å². The zero-order valence-electron chi connectivity index (χ0n) is 10.9. The van der Waals surface area contributed by atoms with Crippen molar-refractivity contribution in [3.8, 4) is 0 Å². The molecular weight excluding hydrogens is 308 g/mol. The summed E-state index contributed by atoms with van der Waals surface area (Å²) in [5, 5.41) is 10.3. The fourth-order valence-corrected chi connectivity index (χ4v) is 3.68. The second-order valence-electron chi connectivity index (χ2n) is 4.81. The van der Waals surface area contributed by atoms with E-state index in [2.05, 4.69) is 28.1 Å². The van der Waals surface area contributed by atoms with Crippen molar-refractivity contribution in [3.05, 3.63) is 56.7 Å². The number of hydrogen-bond donors (Lipinski definition) is 2. The number of halogens is 1. The van der Waals surface area contributed by atoms with Crippen LogP contribution in [0.5, 0.6) is 0 Å². The van der Waals surface area contributed by atoms with E-state index < -0.39 is 0 Å². The average Bonchev–Trinajstić information content (AvgIpc) is 3.07. The molecule has 0 spiro atoms. The van der Waals surface area contributed by atoms with Crippen LogP contribution in [-0.2, 0) is 13.0 Å². The number of nitrogens with one attached hydrogen (secondary N) is 2. The summed E-state index contributed by atoms with van der Waals surface area (Å²) in [5.74, 6) is 0. The molecule has 1 heterocycles. The van der Waals surface area contributed by atoms with Gasteiger partial charge in [0.2, 0.25) is 0 Å². The Morgan fingerprint density at radius 1 is 1.35 bits per heavy atom. The first kappa shape index (κ1) is 13.9. The van der Waals surface area contributed by atoms with Crippen molar-refractivity contribution < 1.29 is 0 Å². The molecule has 3 rings (SSSR count). The highest BCUT2D eigenvalue weighted by Crippen LogP contribution is 2.35. The minimum Gasteiger partial charge on any atom is -0.358 e. The van der Waals surface area contributed by atoms with Gasteiger partial charge in [-0.15, -0.1) is 11.3 Å². The molecule has 104 valence electrons. The Kier molecular flexibility index (Phi) is 4.24. The molecule has 1 aromatic carbocycles. The maximum absolute atomic E-state index is 6.23. The van der Waals surface area contributed by atoms with Gasteiger partial charge in [-0.3, -0.25) is 0 Å². The lowest BCUT2D eigenvalue weighted by Gasteiger charge is -2.17. The van der Waals surface area contributed by atoms with E-state index in [1.165, 1.54) is 16.0 Å². The zero-order valence-corrected chi connectivity index (χ0v) is 13.2. The molecule has 5 heteroatoms. The molecule has 0 saturated heterocycles. The van der Waals surface area contributed by atoms with Gasteiger partial charge in [0.1, 0.15) is 0 Å². The maximum Gasteiger partial charge on any atom is 0.167 e. The van der Waals surface area contributed by atoms with Crippen molar-refractivity contribution in [2.24, 2.45) is 0 Å².